The Morgan fingerprint density at radius 3 is 2.62 bits per heavy atom. The first-order valence-corrected chi connectivity index (χ1v) is 8.51. The molecule has 0 radical (unpaired) electrons. The predicted molar refractivity (Wildman–Crippen MR) is 102 cm³/mol. The molecule has 3 rings (SSSR count). The van der Waals surface area contributed by atoms with Gasteiger partial charge in [0.25, 0.3) is 5.91 Å². The van der Waals surface area contributed by atoms with Gasteiger partial charge >= 0.3 is 0 Å². The van der Waals surface area contributed by atoms with Gasteiger partial charge in [-0.15, -0.1) is 0 Å². The lowest BCUT2D eigenvalue weighted by Gasteiger charge is -2.10. The minimum atomic E-state index is -0.341. The van der Waals surface area contributed by atoms with Crippen LogP contribution >= 0.6 is 15.9 Å². The van der Waals surface area contributed by atoms with Crippen molar-refractivity contribution in [2.24, 2.45) is 0 Å². The van der Waals surface area contributed by atoms with E-state index in [1.165, 1.54) is 13.3 Å². The second kappa shape index (κ2) is 7.92. The molecule has 3 aromatic rings. The Morgan fingerprint density at radius 2 is 1.85 bits per heavy atom. The van der Waals surface area contributed by atoms with Gasteiger partial charge in [0, 0.05) is 22.8 Å². The van der Waals surface area contributed by atoms with Gasteiger partial charge in [-0.05, 0) is 36.4 Å². The summed E-state index contributed by atoms with van der Waals surface area (Å²) in [5.41, 5.74) is 1.88. The van der Waals surface area contributed by atoms with Crippen LogP contribution < -0.4 is 15.4 Å². The Bertz CT molecular complexity index is 978. The molecular weight excluding hydrogens is 400 g/mol. The summed E-state index contributed by atoms with van der Waals surface area (Å²) in [6.07, 6.45) is 1.39. The van der Waals surface area contributed by atoms with Crippen LogP contribution in [0.1, 0.15) is 6.92 Å². The number of aromatic nitrogens is 2. The van der Waals surface area contributed by atoms with Crippen LogP contribution in [0.2, 0.25) is 0 Å². The molecule has 2 aromatic carbocycles. The maximum absolute atomic E-state index is 12.1. The van der Waals surface area contributed by atoms with Crippen LogP contribution in [0.4, 0.5) is 11.4 Å². The van der Waals surface area contributed by atoms with E-state index in [1.54, 1.807) is 24.3 Å². The zero-order valence-electron chi connectivity index (χ0n) is 13.8. The van der Waals surface area contributed by atoms with Crippen LogP contribution in [0.15, 0.2) is 53.3 Å². The summed E-state index contributed by atoms with van der Waals surface area (Å²) >= 11 is 3.39. The molecule has 8 heteroatoms. The molecule has 0 aliphatic carbocycles. The summed E-state index contributed by atoms with van der Waals surface area (Å²) in [5.74, 6) is -0.191. The largest absolute Gasteiger partial charge is 0.467 e. The molecule has 1 heterocycles. The maximum atomic E-state index is 12.1. The first kappa shape index (κ1) is 17.8. The summed E-state index contributed by atoms with van der Waals surface area (Å²) < 4.78 is 6.41. The highest BCUT2D eigenvalue weighted by atomic mass is 79.9. The summed E-state index contributed by atoms with van der Waals surface area (Å²) in [5, 5.41) is 6.09. The molecule has 0 spiro atoms. The Balaban J connectivity index is 1.66. The highest BCUT2D eigenvalue weighted by Gasteiger charge is 2.09. The molecule has 0 atom stereocenters. The maximum Gasteiger partial charge on any atom is 0.262 e. The Hall–Kier alpha value is -3.00. The fourth-order valence-electron chi connectivity index (χ4n) is 2.33. The Kier molecular flexibility index (Phi) is 5.43. The van der Waals surface area contributed by atoms with E-state index in [1.807, 2.05) is 18.2 Å². The average molecular weight is 415 g/mol. The van der Waals surface area contributed by atoms with E-state index in [-0.39, 0.29) is 18.4 Å². The first-order valence-electron chi connectivity index (χ1n) is 7.72. The van der Waals surface area contributed by atoms with E-state index in [0.717, 1.165) is 9.99 Å². The third-order valence-electron chi connectivity index (χ3n) is 3.37. The Labute approximate surface area is 157 Å². The molecule has 0 aliphatic heterocycles. The van der Waals surface area contributed by atoms with Crippen molar-refractivity contribution in [1.82, 2.24) is 9.97 Å². The van der Waals surface area contributed by atoms with Gasteiger partial charge in [-0.25, -0.2) is 9.97 Å². The lowest BCUT2D eigenvalue weighted by atomic mass is 10.2. The van der Waals surface area contributed by atoms with Crippen LogP contribution in [-0.2, 0) is 9.59 Å². The average Bonchev–Trinajstić information content (AvgIpc) is 2.59. The summed E-state index contributed by atoms with van der Waals surface area (Å²) in [7, 11) is 0. The van der Waals surface area contributed by atoms with E-state index >= 15 is 0 Å². The van der Waals surface area contributed by atoms with Gasteiger partial charge in [-0.2, -0.15) is 0 Å². The monoisotopic (exact) mass is 414 g/mol. The molecule has 26 heavy (non-hydrogen) atoms. The molecule has 0 bridgehead atoms. The van der Waals surface area contributed by atoms with Gasteiger partial charge in [0.05, 0.1) is 10.9 Å². The summed E-state index contributed by atoms with van der Waals surface area (Å²) in [6, 6.07) is 12.4. The summed E-state index contributed by atoms with van der Waals surface area (Å²) in [4.78, 5) is 31.5. The second-order valence-corrected chi connectivity index (χ2v) is 6.35. The number of nitrogens with one attached hydrogen (secondary N) is 2. The molecule has 1 aromatic heterocycles. The number of carbonyl (C=O) groups excluding carboxylic acids is 2. The molecule has 7 nitrogen and oxygen atoms in total. The minimum Gasteiger partial charge on any atom is -0.467 e. The number of benzene rings is 2. The third-order valence-corrected chi connectivity index (χ3v) is 3.86. The van der Waals surface area contributed by atoms with Gasteiger partial charge in [-0.3, -0.25) is 9.59 Å². The lowest BCUT2D eigenvalue weighted by molar-refractivity contribution is -0.118. The fraction of sp³-hybridized carbons (Fsp3) is 0.111. The molecule has 0 fully saturated rings. The van der Waals surface area contributed by atoms with Gasteiger partial charge in [0.2, 0.25) is 11.8 Å². The fourth-order valence-corrected chi connectivity index (χ4v) is 2.69. The van der Waals surface area contributed by atoms with E-state index in [2.05, 4.69) is 36.5 Å². The highest BCUT2D eigenvalue weighted by molar-refractivity contribution is 9.10. The lowest BCUT2D eigenvalue weighted by Crippen LogP contribution is -2.20. The van der Waals surface area contributed by atoms with Crippen molar-refractivity contribution < 1.29 is 14.3 Å². The number of hydrogen-bond acceptors (Lipinski definition) is 5. The van der Waals surface area contributed by atoms with Crippen molar-refractivity contribution in [2.75, 3.05) is 17.2 Å². The van der Waals surface area contributed by atoms with Crippen molar-refractivity contribution in [1.29, 1.82) is 0 Å². The predicted octanol–water partition coefficient (Wildman–Crippen LogP) is 3.37. The molecule has 2 amide bonds. The Morgan fingerprint density at radius 1 is 1.08 bits per heavy atom. The molecule has 0 saturated carbocycles. The zero-order chi connectivity index (χ0) is 18.5. The SMILES string of the molecule is CC(=O)Nc1cccc(NC(=O)COc2ncnc3ccc(Br)cc23)c1. The van der Waals surface area contributed by atoms with Crippen molar-refractivity contribution in [2.45, 2.75) is 6.92 Å². The molecule has 132 valence electrons. The molecule has 0 aliphatic rings. The number of anilines is 2. The number of fused-ring (bicyclic) bond motifs is 1. The van der Waals surface area contributed by atoms with Crippen molar-refractivity contribution in [3.63, 3.8) is 0 Å². The van der Waals surface area contributed by atoms with E-state index in [4.69, 9.17) is 4.74 Å². The second-order valence-electron chi connectivity index (χ2n) is 5.44. The first-order chi connectivity index (χ1) is 12.5. The van der Waals surface area contributed by atoms with E-state index < -0.39 is 0 Å². The normalized spacial score (nSPS) is 10.4. The van der Waals surface area contributed by atoms with Crippen LogP contribution in [0.3, 0.4) is 0 Å². The van der Waals surface area contributed by atoms with Crippen LogP contribution in [0.25, 0.3) is 10.9 Å². The number of nitrogens with zero attached hydrogens (tertiary/aromatic N) is 2. The zero-order valence-corrected chi connectivity index (χ0v) is 15.4. The molecule has 2 N–H and O–H groups in total. The van der Waals surface area contributed by atoms with Crippen LogP contribution in [0, 0.1) is 0 Å². The smallest absolute Gasteiger partial charge is 0.262 e. The summed E-state index contributed by atoms with van der Waals surface area (Å²) in [6.45, 7) is 1.21. The third kappa shape index (κ3) is 4.54. The number of carbonyl (C=O) groups is 2. The standard InChI is InChI=1S/C18H15BrN4O3/c1-11(24)22-13-3-2-4-14(8-13)23-17(25)9-26-18-15-7-12(19)5-6-16(15)20-10-21-18/h2-8,10H,9H2,1H3,(H,22,24)(H,23,25). The highest BCUT2D eigenvalue weighted by Crippen LogP contribution is 2.24. The van der Waals surface area contributed by atoms with E-state index in [9.17, 15) is 9.59 Å². The topological polar surface area (TPSA) is 93.2 Å². The van der Waals surface area contributed by atoms with Gasteiger partial charge in [-0.1, -0.05) is 22.0 Å². The molecule has 0 unspecified atom stereocenters. The van der Waals surface area contributed by atoms with Gasteiger partial charge < -0.3 is 15.4 Å². The quantitative estimate of drug-likeness (QED) is 0.667. The number of rotatable bonds is 5. The van der Waals surface area contributed by atoms with Crippen molar-refractivity contribution >= 4 is 50.0 Å². The number of halogens is 1. The number of amides is 2. The van der Waals surface area contributed by atoms with Gasteiger partial charge in [0.15, 0.2) is 6.61 Å². The van der Waals surface area contributed by atoms with Gasteiger partial charge in [0.1, 0.15) is 6.33 Å². The van der Waals surface area contributed by atoms with Crippen molar-refractivity contribution in [3.8, 4) is 5.88 Å². The molecular formula is C18H15BrN4O3. The van der Waals surface area contributed by atoms with E-state index in [0.29, 0.717) is 22.6 Å². The molecule has 0 saturated heterocycles. The number of ether oxygens (including phenoxy) is 1. The van der Waals surface area contributed by atoms with Crippen LogP contribution in [0.5, 0.6) is 5.88 Å². The van der Waals surface area contributed by atoms with Crippen LogP contribution in [-0.4, -0.2) is 28.4 Å². The number of hydrogen-bond donors (Lipinski definition) is 2. The minimum absolute atomic E-state index is 0.182. The van der Waals surface area contributed by atoms with Crippen molar-refractivity contribution in [3.05, 3.63) is 53.3 Å².